The molecule has 2 saturated carbocycles. The van der Waals surface area contributed by atoms with Gasteiger partial charge < -0.3 is 0 Å². The number of rotatable bonds is 0. The first-order valence-corrected chi connectivity index (χ1v) is 4.39. The minimum absolute atomic E-state index is 0.311. The zero-order valence-corrected chi connectivity index (χ0v) is 6.97. The van der Waals surface area contributed by atoms with Crippen molar-refractivity contribution in [2.45, 2.75) is 26.2 Å². The fourth-order valence-corrected chi connectivity index (χ4v) is 2.42. The third-order valence-corrected chi connectivity index (χ3v) is 3.35. The molecule has 0 aliphatic heterocycles. The number of carbonyl (C=O) groups is 1. The molecular formula is C10H14O. The van der Waals surface area contributed by atoms with E-state index in [4.69, 9.17) is 0 Å². The Morgan fingerprint density at radius 3 is 2.91 bits per heavy atom. The summed E-state index contributed by atoms with van der Waals surface area (Å²) in [5, 5.41) is 0. The number of Topliss-reactive ketones (excluding diaryl/α,β-unsaturated/α-hetero) is 1. The Morgan fingerprint density at radius 2 is 2.18 bits per heavy atom. The summed E-state index contributed by atoms with van der Waals surface area (Å²) in [6, 6.07) is 0. The molecule has 0 heterocycles. The molecular weight excluding hydrogens is 136 g/mol. The summed E-state index contributed by atoms with van der Waals surface area (Å²) in [7, 11) is 0. The first kappa shape index (κ1) is 7.08. The Morgan fingerprint density at radius 1 is 1.45 bits per heavy atom. The van der Waals surface area contributed by atoms with E-state index in [1.54, 1.807) is 0 Å². The van der Waals surface area contributed by atoms with Gasteiger partial charge in [-0.05, 0) is 24.7 Å². The molecule has 2 fully saturated rings. The lowest BCUT2D eigenvalue weighted by Gasteiger charge is -2.23. The second kappa shape index (κ2) is 2.20. The largest absolute Gasteiger partial charge is 0.299 e. The standard InChI is InChI=1S/C10H14O/c1-6-3-9-4-8(6)5-10(11)7(9)2/h7-9H,1,3-5H2,2H3/t7-,8-,9+/m0/s1. The second-order valence-electron chi connectivity index (χ2n) is 4.01. The maximum Gasteiger partial charge on any atom is 0.136 e. The topological polar surface area (TPSA) is 17.1 Å². The summed E-state index contributed by atoms with van der Waals surface area (Å²) in [5.74, 6) is 1.95. The Bertz CT molecular complexity index is 217. The van der Waals surface area contributed by atoms with Crippen LogP contribution in [0.4, 0.5) is 0 Å². The molecule has 3 atom stereocenters. The molecule has 0 unspecified atom stereocenters. The molecule has 0 saturated heterocycles. The van der Waals surface area contributed by atoms with Crippen LogP contribution in [0.25, 0.3) is 0 Å². The van der Waals surface area contributed by atoms with Gasteiger partial charge in [-0.3, -0.25) is 4.79 Å². The zero-order chi connectivity index (χ0) is 8.01. The summed E-state index contributed by atoms with van der Waals surface area (Å²) in [4.78, 5) is 11.4. The average molecular weight is 150 g/mol. The normalized spacial score (nSPS) is 43.2. The van der Waals surface area contributed by atoms with Gasteiger partial charge in [0.15, 0.2) is 0 Å². The fourth-order valence-electron chi connectivity index (χ4n) is 2.42. The van der Waals surface area contributed by atoms with Crippen molar-refractivity contribution >= 4 is 5.78 Å². The van der Waals surface area contributed by atoms with Crippen LogP contribution in [0, 0.1) is 17.8 Å². The van der Waals surface area contributed by atoms with Gasteiger partial charge in [-0.25, -0.2) is 0 Å². The van der Waals surface area contributed by atoms with Crippen LogP contribution in [-0.4, -0.2) is 5.78 Å². The minimum Gasteiger partial charge on any atom is -0.299 e. The van der Waals surface area contributed by atoms with Crippen LogP contribution in [0.1, 0.15) is 26.2 Å². The predicted octanol–water partition coefficient (Wildman–Crippen LogP) is 2.18. The number of allylic oxidation sites excluding steroid dienone is 1. The Labute approximate surface area is 67.5 Å². The third kappa shape index (κ3) is 0.943. The molecule has 1 heteroatoms. The second-order valence-corrected chi connectivity index (χ2v) is 4.01. The SMILES string of the molecule is C=C1C[C@@H]2C[C@H]1CC(=O)[C@H]2C. The molecule has 11 heavy (non-hydrogen) atoms. The summed E-state index contributed by atoms with van der Waals surface area (Å²) in [5.41, 5.74) is 1.33. The Kier molecular flexibility index (Phi) is 1.41. The molecule has 0 spiro atoms. The van der Waals surface area contributed by atoms with Crippen LogP contribution in [0.15, 0.2) is 12.2 Å². The van der Waals surface area contributed by atoms with Crippen molar-refractivity contribution in [1.29, 1.82) is 0 Å². The molecule has 0 amide bonds. The highest BCUT2D eigenvalue weighted by Gasteiger charge is 2.40. The van der Waals surface area contributed by atoms with Crippen molar-refractivity contribution in [3.63, 3.8) is 0 Å². The van der Waals surface area contributed by atoms with E-state index in [0.717, 1.165) is 12.8 Å². The lowest BCUT2D eigenvalue weighted by molar-refractivity contribution is -0.126. The maximum atomic E-state index is 11.4. The number of hydrogen-bond donors (Lipinski definition) is 0. The number of hydrogen-bond acceptors (Lipinski definition) is 1. The lowest BCUT2D eigenvalue weighted by Crippen LogP contribution is -2.25. The molecule has 2 aliphatic rings. The molecule has 0 aromatic heterocycles. The van der Waals surface area contributed by atoms with Crippen LogP contribution in [-0.2, 0) is 4.79 Å². The van der Waals surface area contributed by atoms with E-state index in [-0.39, 0.29) is 0 Å². The molecule has 1 nitrogen and oxygen atoms in total. The van der Waals surface area contributed by atoms with Crippen molar-refractivity contribution in [2.24, 2.45) is 17.8 Å². The first-order chi connectivity index (χ1) is 5.18. The van der Waals surface area contributed by atoms with E-state index in [2.05, 4.69) is 13.5 Å². The zero-order valence-electron chi connectivity index (χ0n) is 6.97. The molecule has 0 N–H and O–H groups in total. The maximum absolute atomic E-state index is 11.4. The van der Waals surface area contributed by atoms with Gasteiger partial charge in [-0.15, -0.1) is 0 Å². The van der Waals surface area contributed by atoms with Crippen molar-refractivity contribution in [3.8, 4) is 0 Å². The van der Waals surface area contributed by atoms with Crippen LogP contribution >= 0.6 is 0 Å². The number of fused-ring (bicyclic) bond motifs is 2. The summed E-state index contributed by atoms with van der Waals surface area (Å²) in [6.45, 7) is 6.08. The first-order valence-electron chi connectivity index (χ1n) is 4.39. The molecule has 0 radical (unpaired) electrons. The van der Waals surface area contributed by atoms with Gasteiger partial charge in [-0.2, -0.15) is 0 Å². The van der Waals surface area contributed by atoms with Crippen LogP contribution in [0.3, 0.4) is 0 Å². The van der Waals surface area contributed by atoms with Crippen LogP contribution < -0.4 is 0 Å². The van der Waals surface area contributed by atoms with Gasteiger partial charge in [0.1, 0.15) is 5.78 Å². The molecule has 0 aromatic carbocycles. The predicted molar refractivity (Wildman–Crippen MR) is 44.1 cm³/mol. The summed E-state index contributed by atoms with van der Waals surface area (Å²) >= 11 is 0. The van der Waals surface area contributed by atoms with E-state index >= 15 is 0 Å². The number of ketones is 1. The molecule has 0 aromatic rings. The summed E-state index contributed by atoms with van der Waals surface area (Å²) in [6.07, 6.45) is 3.11. The van der Waals surface area contributed by atoms with Crippen molar-refractivity contribution in [3.05, 3.63) is 12.2 Å². The van der Waals surface area contributed by atoms with Crippen molar-refractivity contribution in [1.82, 2.24) is 0 Å². The van der Waals surface area contributed by atoms with Crippen molar-refractivity contribution in [2.75, 3.05) is 0 Å². The van der Waals surface area contributed by atoms with Gasteiger partial charge >= 0.3 is 0 Å². The van der Waals surface area contributed by atoms with Gasteiger partial charge in [0.25, 0.3) is 0 Å². The highest BCUT2D eigenvalue weighted by atomic mass is 16.1. The van der Waals surface area contributed by atoms with E-state index in [1.807, 2.05) is 0 Å². The quantitative estimate of drug-likeness (QED) is 0.484. The van der Waals surface area contributed by atoms with Crippen LogP contribution in [0.5, 0.6) is 0 Å². The molecule has 2 bridgehead atoms. The minimum atomic E-state index is 0.311. The summed E-state index contributed by atoms with van der Waals surface area (Å²) < 4.78 is 0. The molecule has 2 rings (SSSR count). The van der Waals surface area contributed by atoms with E-state index in [1.165, 1.54) is 12.0 Å². The van der Waals surface area contributed by atoms with E-state index in [0.29, 0.717) is 23.5 Å². The molecule has 60 valence electrons. The monoisotopic (exact) mass is 150 g/mol. The van der Waals surface area contributed by atoms with E-state index in [9.17, 15) is 4.79 Å². The van der Waals surface area contributed by atoms with Gasteiger partial charge in [0.05, 0.1) is 0 Å². The Balaban J connectivity index is 2.25. The van der Waals surface area contributed by atoms with Crippen LogP contribution in [0.2, 0.25) is 0 Å². The van der Waals surface area contributed by atoms with Gasteiger partial charge in [-0.1, -0.05) is 19.1 Å². The van der Waals surface area contributed by atoms with Crippen molar-refractivity contribution < 1.29 is 4.79 Å². The van der Waals surface area contributed by atoms with E-state index < -0.39 is 0 Å². The number of carbonyl (C=O) groups excluding carboxylic acids is 1. The smallest absolute Gasteiger partial charge is 0.136 e. The van der Waals surface area contributed by atoms with Gasteiger partial charge in [0, 0.05) is 12.3 Å². The molecule has 2 aliphatic carbocycles. The lowest BCUT2D eigenvalue weighted by atomic mass is 9.80. The fraction of sp³-hybridized carbons (Fsp3) is 0.700. The third-order valence-electron chi connectivity index (χ3n) is 3.35. The Hall–Kier alpha value is -0.590. The highest BCUT2D eigenvalue weighted by molar-refractivity contribution is 5.83. The van der Waals surface area contributed by atoms with Gasteiger partial charge in [0.2, 0.25) is 0 Å². The average Bonchev–Trinajstić information content (AvgIpc) is 2.26. The highest BCUT2D eigenvalue weighted by Crippen LogP contribution is 2.45.